The molecule has 1 aromatic carbocycles. The SMILES string of the molecule is O=CNC(C(=O)O)c1cccc(C2CC2)c1. The minimum Gasteiger partial charge on any atom is -0.479 e. The van der Waals surface area contributed by atoms with E-state index in [0.717, 1.165) is 5.56 Å². The summed E-state index contributed by atoms with van der Waals surface area (Å²) in [4.78, 5) is 21.3. The molecule has 1 amide bonds. The van der Waals surface area contributed by atoms with Crippen molar-refractivity contribution < 1.29 is 14.7 Å². The molecule has 0 aromatic heterocycles. The van der Waals surface area contributed by atoms with Crippen LogP contribution in [0.5, 0.6) is 0 Å². The van der Waals surface area contributed by atoms with Crippen LogP contribution in [0.15, 0.2) is 24.3 Å². The average Bonchev–Trinajstić information content (AvgIpc) is 3.09. The summed E-state index contributed by atoms with van der Waals surface area (Å²) in [6.45, 7) is 0. The average molecular weight is 219 g/mol. The third-order valence-corrected chi connectivity index (χ3v) is 2.77. The van der Waals surface area contributed by atoms with Gasteiger partial charge in [-0.1, -0.05) is 24.3 Å². The van der Waals surface area contributed by atoms with Gasteiger partial charge >= 0.3 is 5.97 Å². The zero-order chi connectivity index (χ0) is 11.5. The molecular weight excluding hydrogens is 206 g/mol. The van der Waals surface area contributed by atoms with Crippen LogP contribution in [0, 0.1) is 0 Å². The van der Waals surface area contributed by atoms with Crippen LogP contribution in [0.3, 0.4) is 0 Å². The largest absolute Gasteiger partial charge is 0.479 e. The van der Waals surface area contributed by atoms with Crippen LogP contribution in [-0.4, -0.2) is 17.5 Å². The van der Waals surface area contributed by atoms with E-state index in [1.54, 1.807) is 6.07 Å². The van der Waals surface area contributed by atoms with Gasteiger partial charge in [0.2, 0.25) is 6.41 Å². The van der Waals surface area contributed by atoms with Gasteiger partial charge in [0.05, 0.1) is 0 Å². The summed E-state index contributed by atoms with van der Waals surface area (Å²) in [7, 11) is 0. The van der Waals surface area contributed by atoms with Gasteiger partial charge in [0, 0.05) is 0 Å². The molecule has 1 fully saturated rings. The maximum Gasteiger partial charge on any atom is 0.330 e. The number of rotatable bonds is 5. The van der Waals surface area contributed by atoms with Crippen LogP contribution < -0.4 is 5.32 Å². The van der Waals surface area contributed by atoms with E-state index < -0.39 is 12.0 Å². The van der Waals surface area contributed by atoms with Crippen LogP contribution in [0.1, 0.15) is 35.9 Å². The van der Waals surface area contributed by atoms with Crippen molar-refractivity contribution >= 4 is 12.4 Å². The molecule has 1 aliphatic carbocycles. The van der Waals surface area contributed by atoms with E-state index >= 15 is 0 Å². The standard InChI is InChI=1S/C12H13NO3/c14-7-13-11(12(15)16)10-3-1-2-9(6-10)8-4-5-8/h1-3,6-8,11H,4-5H2,(H,13,14)(H,15,16). The van der Waals surface area contributed by atoms with Gasteiger partial charge in [-0.15, -0.1) is 0 Å². The summed E-state index contributed by atoms with van der Waals surface area (Å²) in [6, 6.07) is 6.48. The number of hydrogen-bond acceptors (Lipinski definition) is 2. The highest BCUT2D eigenvalue weighted by Crippen LogP contribution is 2.40. The molecule has 2 rings (SSSR count). The molecule has 1 aromatic rings. The number of carbonyl (C=O) groups excluding carboxylic acids is 1. The fraction of sp³-hybridized carbons (Fsp3) is 0.333. The van der Waals surface area contributed by atoms with Gasteiger partial charge in [-0.2, -0.15) is 0 Å². The summed E-state index contributed by atoms with van der Waals surface area (Å²) in [5.41, 5.74) is 1.79. The highest BCUT2D eigenvalue weighted by molar-refractivity contribution is 5.78. The third-order valence-electron chi connectivity index (χ3n) is 2.77. The summed E-state index contributed by atoms with van der Waals surface area (Å²) in [6.07, 6.45) is 2.76. The van der Waals surface area contributed by atoms with Gasteiger partial charge in [-0.3, -0.25) is 4.79 Å². The van der Waals surface area contributed by atoms with Gasteiger partial charge in [0.15, 0.2) is 6.04 Å². The number of benzene rings is 1. The molecule has 0 heterocycles. The van der Waals surface area contributed by atoms with Crippen molar-refractivity contribution in [2.75, 3.05) is 0 Å². The number of nitrogens with one attached hydrogen (secondary N) is 1. The first-order valence-corrected chi connectivity index (χ1v) is 5.24. The second kappa shape index (κ2) is 4.35. The van der Waals surface area contributed by atoms with Gasteiger partial charge in [-0.25, -0.2) is 4.79 Å². The first-order chi connectivity index (χ1) is 7.72. The highest BCUT2D eigenvalue weighted by atomic mass is 16.4. The first kappa shape index (κ1) is 10.7. The molecule has 84 valence electrons. The smallest absolute Gasteiger partial charge is 0.330 e. The lowest BCUT2D eigenvalue weighted by Gasteiger charge is -2.12. The van der Waals surface area contributed by atoms with E-state index in [0.29, 0.717) is 17.9 Å². The van der Waals surface area contributed by atoms with Crippen molar-refractivity contribution in [3.8, 4) is 0 Å². The van der Waals surface area contributed by atoms with Gasteiger partial charge < -0.3 is 10.4 Å². The van der Waals surface area contributed by atoms with Crippen LogP contribution in [0.4, 0.5) is 0 Å². The van der Waals surface area contributed by atoms with E-state index in [1.165, 1.54) is 12.8 Å². The summed E-state index contributed by atoms with van der Waals surface area (Å²) >= 11 is 0. The van der Waals surface area contributed by atoms with E-state index in [9.17, 15) is 9.59 Å². The van der Waals surface area contributed by atoms with Crippen molar-refractivity contribution in [1.29, 1.82) is 0 Å². The van der Waals surface area contributed by atoms with E-state index in [-0.39, 0.29) is 0 Å². The lowest BCUT2D eigenvalue weighted by Crippen LogP contribution is -2.27. The summed E-state index contributed by atoms with van der Waals surface area (Å²) in [5, 5.41) is 11.3. The Kier molecular flexibility index (Phi) is 2.90. The van der Waals surface area contributed by atoms with Gasteiger partial charge in [0.1, 0.15) is 0 Å². The monoisotopic (exact) mass is 219 g/mol. The molecule has 1 atom stereocenters. The molecule has 4 nitrogen and oxygen atoms in total. The molecular formula is C12H13NO3. The zero-order valence-corrected chi connectivity index (χ0v) is 8.72. The number of carboxylic acids is 1. The van der Waals surface area contributed by atoms with Crippen molar-refractivity contribution in [3.05, 3.63) is 35.4 Å². The predicted molar refractivity (Wildman–Crippen MR) is 58.0 cm³/mol. The minimum atomic E-state index is -1.04. The molecule has 0 spiro atoms. The second-order valence-corrected chi connectivity index (χ2v) is 4.00. The quantitative estimate of drug-likeness (QED) is 0.736. The number of aliphatic carboxylic acids is 1. The fourth-order valence-electron chi connectivity index (χ4n) is 1.79. The van der Waals surface area contributed by atoms with Crippen molar-refractivity contribution in [2.24, 2.45) is 0 Å². The van der Waals surface area contributed by atoms with Crippen molar-refractivity contribution in [3.63, 3.8) is 0 Å². The summed E-state index contributed by atoms with van der Waals surface area (Å²) < 4.78 is 0. The Hall–Kier alpha value is -1.84. The molecule has 16 heavy (non-hydrogen) atoms. The van der Waals surface area contributed by atoms with Crippen molar-refractivity contribution in [1.82, 2.24) is 5.32 Å². The Morgan fingerprint density at radius 1 is 1.50 bits per heavy atom. The Morgan fingerprint density at radius 3 is 2.81 bits per heavy atom. The topological polar surface area (TPSA) is 66.4 Å². The Labute approximate surface area is 93.3 Å². The molecule has 2 N–H and O–H groups in total. The maximum atomic E-state index is 11.0. The van der Waals surface area contributed by atoms with E-state index in [2.05, 4.69) is 5.32 Å². The Balaban J connectivity index is 2.25. The number of amides is 1. The first-order valence-electron chi connectivity index (χ1n) is 5.24. The van der Waals surface area contributed by atoms with Crippen LogP contribution in [-0.2, 0) is 9.59 Å². The molecule has 0 aliphatic heterocycles. The maximum absolute atomic E-state index is 11.0. The molecule has 1 aliphatic rings. The van der Waals surface area contributed by atoms with Crippen molar-refractivity contribution in [2.45, 2.75) is 24.8 Å². The Morgan fingerprint density at radius 2 is 2.25 bits per heavy atom. The molecule has 0 radical (unpaired) electrons. The number of hydrogen-bond donors (Lipinski definition) is 2. The van der Waals surface area contributed by atoms with Gasteiger partial charge in [0.25, 0.3) is 0 Å². The second-order valence-electron chi connectivity index (χ2n) is 4.00. The zero-order valence-electron chi connectivity index (χ0n) is 8.72. The fourth-order valence-corrected chi connectivity index (χ4v) is 1.79. The van der Waals surface area contributed by atoms with Gasteiger partial charge in [-0.05, 0) is 29.9 Å². The summed E-state index contributed by atoms with van der Waals surface area (Å²) in [5.74, 6) is -0.467. The highest BCUT2D eigenvalue weighted by Gasteiger charge is 2.25. The molecule has 0 saturated heterocycles. The molecule has 1 saturated carbocycles. The minimum absolute atomic E-state index is 0.419. The molecule has 4 heteroatoms. The lowest BCUT2D eigenvalue weighted by molar-refractivity contribution is -0.140. The third kappa shape index (κ3) is 2.21. The Bertz CT molecular complexity index is 412. The van der Waals surface area contributed by atoms with E-state index in [4.69, 9.17) is 5.11 Å². The van der Waals surface area contributed by atoms with Crippen LogP contribution in [0.2, 0.25) is 0 Å². The van der Waals surface area contributed by atoms with E-state index in [1.807, 2.05) is 18.2 Å². The van der Waals surface area contributed by atoms with Crippen LogP contribution >= 0.6 is 0 Å². The number of carbonyl (C=O) groups is 2. The predicted octanol–water partition coefficient (Wildman–Crippen LogP) is 1.44. The normalized spacial score (nSPS) is 16.5. The molecule has 1 unspecified atom stereocenters. The molecule has 0 bridgehead atoms. The van der Waals surface area contributed by atoms with Crippen LogP contribution in [0.25, 0.3) is 0 Å². The number of carboxylic acid groups (broad SMARTS) is 1. The lowest BCUT2D eigenvalue weighted by atomic mass is 10.0.